The maximum absolute atomic E-state index is 9.70. The summed E-state index contributed by atoms with van der Waals surface area (Å²) in [6, 6.07) is 22.8. The highest BCUT2D eigenvalue weighted by Crippen LogP contribution is 2.35. The maximum atomic E-state index is 9.70. The Morgan fingerprint density at radius 2 is 1.39 bits per heavy atom. The normalized spacial score (nSPS) is 11.2. The van der Waals surface area contributed by atoms with Crippen LogP contribution in [0.1, 0.15) is 0 Å². The lowest BCUT2D eigenvalue weighted by atomic mass is 9.90. The van der Waals surface area contributed by atoms with E-state index in [9.17, 15) is 10.0 Å². The molecule has 2 N–H and O–H groups in total. The molecular formula is C21H14BN3O3. The molecule has 0 amide bonds. The lowest BCUT2D eigenvalue weighted by Gasteiger charge is -2.08. The molecule has 2 heterocycles. The molecular weight excluding hydrogens is 353 g/mol. The number of rotatable bonds is 3. The van der Waals surface area contributed by atoms with Gasteiger partial charge in [-0.3, -0.25) is 0 Å². The number of hydrogen-bond donors (Lipinski definition) is 2. The summed E-state index contributed by atoms with van der Waals surface area (Å²) < 4.78 is 5.94. The van der Waals surface area contributed by atoms with Crippen LogP contribution in [0.5, 0.6) is 0 Å². The van der Waals surface area contributed by atoms with E-state index in [4.69, 9.17) is 4.42 Å². The van der Waals surface area contributed by atoms with Crippen LogP contribution in [0, 0.1) is 0 Å². The molecule has 0 unspecified atom stereocenters. The SMILES string of the molecule is OB(O)c1nc(-c2ccccc2)nc(-c2cccc3oc4ccccc4c23)n1. The molecule has 0 aliphatic carbocycles. The molecule has 0 radical (unpaired) electrons. The van der Waals surface area contributed by atoms with E-state index in [1.54, 1.807) is 0 Å². The van der Waals surface area contributed by atoms with Crippen molar-refractivity contribution in [2.45, 2.75) is 0 Å². The van der Waals surface area contributed by atoms with Gasteiger partial charge in [0.15, 0.2) is 17.4 Å². The first kappa shape index (κ1) is 16.6. The third-order valence-electron chi connectivity index (χ3n) is 4.56. The molecule has 5 rings (SSSR count). The zero-order chi connectivity index (χ0) is 19.1. The van der Waals surface area contributed by atoms with Gasteiger partial charge in [0.1, 0.15) is 11.2 Å². The van der Waals surface area contributed by atoms with Crippen molar-refractivity contribution >= 4 is 34.8 Å². The second kappa shape index (κ2) is 6.56. The fourth-order valence-electron chi connectivity index (χ4n) is 3.31. The van der Waals surface area contributed by atoms with Gasteiger partial charge in [0.05, 0.1) is 0 Å². The minimum Gasteiger partial charge on any atom is -0.456 e. The zero-order valence-corrected chi connectivity index (χ0v) is 14.6. The molecule has 0 aliphatic heterocycles. The average molecular weight is 367 g/mol. The molecule has 3 aromatic carbocycles. The largest absolute Gasteiger partial charge is 0.528 e. The van der Waals surface area contributed by atoms with E-state index in [-0.39, 0.29) is 5.72 Å². The summed E-state index contributed by atoms with van der Waals surface area (Å²) in [6.07, 6.45) is 0. The Hall–Kier alpha value is -3.55. The first-order valence-electron chi connectivity index (χ1n) is 8.79. The summed E-state index contributed by atoms with van der Waals surface area (Å²) in [5.41, 5.74) is 2.88. The Morgan fingerprint density at radius 3 is 2.21 bits per heavy atom. The Kier molecular flexibility index (Phi) is 3.89. The van der Waals surface area contributed by atoms with E-state index in [1.807, 2.05) is 72.8 Å². The molecule has 134 valence electrons. The quantitative estimate of drug-likeness (QED) is 0.477. The van der Waals surface area contributed by atoms with Crippen molar-refractivity contribution in [3.63, 3.8) is 0 Å². The Morgan fingerprint density at radius 1 is 0.679 bits per heavy atom. The minimum absolute atomic E-state index is 0.103. The van der Waals surface area contributed by atoms with Crippen LogP contribution >= 0.6 is 0 Å². The second-order valence-corrected chi connectivity index (χ2v) is 6.36. The van der Waals surface area contributed by atoms with Gasteiger partial charge in [-0.25, -0.2) is 15.0 Å². The number of furan rings is 1. The molecule has 0 saturated carbocycles. The van der Waals surface area contributed by atoms with Crippen LogP contribution in [0.3, 0.4) is 0 Å². The van der Waals surface area contributed by atoms with Crippen molar-refractivity contribution in [3.05, 3.63) is 72.8 Å². The van der Waals surface area contributed by atoms with E-state index in [2.05, 4.69) is 15.0 Å². The summed E-state index contributed by atoms with van der Waals surface area (Å²) in [7, 11) is -1.80. The fraction of sp³-hybridized carbons (Fsp3) is 0. The summed E-state index contributed by atoms with van der Waals surface area (Å²) in [6.45, 7) is 0. The van der Waals surface area contributed by atoms with Crippen molar-refractivity contribution in [1.29, 1.82) is 0 Å². The standard InChI is InChI=1S/C21H14BN3O3/c26-22(27)21-24-19(13-7-2-1-3-8-13)23-20(25-21)15-10-6-12-17-18(15)14-9-4-5-11-16(14)28-17/h1-12,26-27H. The lowest BCUT2D eigenvalue weighted by Crippen LogP contribution is -2.36. The monoisotopic (exact) mass is 367 g/mol. The Labute approximate surface area is 160 Å². The van der Waals surface area contributed by atoms with Crippen LogP contribution in [-0.2, 0) is 0 Å². The van der Waals surface area contributed by atoms with Crippen LogP contribution in [0.15, 0.2) is 77.2 Å². The molecule has 28 heavy (non-hydrogen) atoms. The summed E-state index contributed by atoms with van der Waals surface area (Å²) in [5, 5.41) is 21.2. The minimum atomic E-state index is -1.80. The van der Waals surface area contributed by atoms with Gasteiger partial charge in [-0.2, -0.15) is 0 Å². The van der Waals surface area contributed by atoms with E-state index >= 15 is 0 Å². The predicted molar refractivity (Wildman–Crippen MR) is 108 cm³/mol. The summed E-state index contributed by atoms with van der Waals surface area (Å²) in [4.78, 5) is 13.1. The zero-order valence-electron chi connectivity index (χ0n) is 14.6. The maximum Gasteiger partial charge on any atom is 0.528 e. The van der Waals surface area contributed by atoms with E-state index in [0.717, 1.165) is 27.5 Å². The number of fused-ring (bicyclic) bond motifs is 3. The lowest BCUT2D eigenvalue weighted by molar-refractivity contribution is 0.422. The molecule has 0 bridgehead atoms. The van der Waals surface area contributed by atoms with Gasteiger partial charge in [-0.15, -0.1) is 0 Å². The number of para-hydroxylation sites is 1. The molecule has 0 aliphatic rings. The average Bonchev–Trinajstić information content (AvgIpc) is 3.13. The Bertz CT molecular complexity index is 1300. The first-order chi connectivity index (χ1) is 13.7. The third-order valence-corrected chi connectivity index (χ3v) is 4.56. The molecule has 0 saturated heterocycles. The van der Waals surface area contributed by atoms with Gasteiger partial charge < -0.3 is 14.5 Å². The van der Waals surface area contributed by atoms with Gasteiger partial charge in [-0.1, -0.05) is 60.7 Å². The van der Waals surface area contributed by atoms with E-state index in [1.165, 1.54) is 0 Å². The molecule has 6 nitrogen and oxygen atoms in total. The highest BCUT2D eigenvalue weighted by atomic mass is 16.4. The highest BCUT2D eigenvalue weighted by molar-refractivity contribution is 6.56. The predicted octanol–water partition coefficient (Wildman–Crippen LogP) is 2.78. The molecule has 2 aromatic heterocycles. The van der Waals surface area contributed by atoms with Gasteiger partial charge in [-0.05, 0) is 12.1 Å². The van der Waals surface area contributed by atoms with Gasteiger partial charge >= 0.3 is 7.12 Å². The van der Waals surface area contributed by atoms with E-state index < -0.39 is 7.12 Å². The van der Waals surface area contributed by atoms with Crippen molar-refractivity contribution in [2.75, 3.05) is 0 Å². The number of hydrogen-bond acceptors (Lipinski definition) is 6. The van der Waals surface area contributed by atoms with Crippen molar-refractivity contribution < 1.29 is 14.5 Å². The summed E-state index contributed by atoms with van der Waals surface area (Å²) in [5.74, 6) is 0.729. The molecule has 7 heteroatoms. The van der Waals surface area contributed by atoms with Crippen LogP contribution in [0.2, 0.25) is 0 Å². The van der Waals surface area contributed by atoms with Gasteiger partial charge in [0.2, 0.25) is 0 Å². The molecule has 0 atom stereocenters. The Balaban J connectivity index is 1.81. The number of benzene rings is 3. The van der Waals surface area contributed by atoms with Crippen molar-refractivity contribution in [1.82, 2.24) is 15.0 Å². The van der Waals surface area contributed by atoms with Crippen LogP contribution in [0.25, 0.3) is 44.7 Å². The second-order valence-electron chi connectivity index (χ2n) is 6.36. The molecule has 0 fully saturated rings. The molecule has 5 aromatic rings. The number of nitrogens with zero attached hydrogens (tertiary/aromatic N) is 3. The van der Waals surface area contributed by atoms with Crippen LogP contribution in [0.4, 0.5) is 0 Å². The van der Waals surface area contributed by atoms with Crippen molar-refractivity contribution in [2.24, 2.45) is 0 Å². The smallest absolute Gasteiger partial charge is 0.456 e. The van der Waals surface area contributed by atoms with Crippen LogP contribution in [-0.4, -0.2) is 32.1 Å². The van der Waals surface area contributed by atoms with Gasteiger partial charge in [0.25, 0.3) is 0 Å². The number of aromatic nitrogens is 3. The van der Waals surface area contributed by atoms with Crippen molar-refractivity contribution in [3.8, 4) is 22.8 Å². The van der Waals surface area contributed by atoms with Crippen LogP contribution < -0.4 is 5.72 Å². The highest BCUT2D eigenvalue weighted by Gasteiger charge is 2.21. The van der Waals surface area contributed by atoms with Gasteiger partial charge in [0, 0.05) is 21.9 Å². The summed E-state index contributed by atoms with van der Waals surface area (Å²) >= 11 is 0. The first-order valence-corrected chi connectivity index (χ1v) is 8.79. The molecule has 0 spiro atoms. The topological polar surface area (TPSA) is 92.3 Å². The third kappa shape index (κ3) is 2.74. The van der Waals surface area contributed by atoms with E-state index in [0.29, 0.717) is 17.2 Å². The fourth-order valence-corrected chi connectivity index (χ4v) is 3.31.